The summed E-state index contributed by atoms with van der Waals surface area (Å²) in [5, 5.41) is 0.552. The van der Waals surface area contributed by atoms with Crippen LogP contribution in [0.2, 0.25) is 0 Å². The number of Topliss-reactive ketones (excluding diaryl/α,β-unsaturated/α-hetero) is 1. The summed E-state index contributed by atoms with van der Waals surface area (Å²) in [5.74, 6) is 0.0813. The van der Waals surface area contributed by atoms with Crippen LogP contribution in [0.5, 0.6) is 5.75 Å². The molecule has 0 radical (unpaired) electrons. The van der Waals surface area contributed by atoms with Gasteiger partial charge in [-0.1, -0.05) is 12.1 Å². The van der Waals surface area contributed by atoms with Crippen LogP contribution in [0, 0.1) is 3.57 Å². The SMILES string of the molecule is CNS(=O)(=O)Nc1cccc(Cc2c(CC(C)=O)c3cc(I)c(OC(=O)N(C)C)cc3oc2=O)c1. The van der Waals surface area contributed by atoms with E-state index in [1.165, 1.54) is 24.9 Å². The minimum atomic E-state index is -3.71. The van der Waals surface area contributed by atoms with Gasteiger partial charge < -0.3 is 14.1 Å². The van der Waals surface area contributed by atoms with E-state index < -0.39 is 21.9 Å². The van der Waals surface area contributed by atoms with E-state index in [0.29, 0.717) is 25.8 Å². The quantitative estimate of drug-likeness (QED) is 0.295. The molecule has 1 amide bonds. The molecule has 0 aliphatic rings. The zero-order valence-corrected chi connectivity index (χ0v) is 22.4. The molecule has 2 aromatic carbocycles. The third-order valence-corrected chi connectivity index (χ3v) is 6.87. The first-order valence-electron chi connectivity index (χ1n) is 10.4. The van der Waals surface area contributed by atoms with Gasteiger partial charge in [0.25, 0.3) is 10.2 Å². The van der Waals surface area contributed by atoms with E-state index >= 15 is 0 Å². The molecule has 0 aliphatic carbocycles. The maximum atomic E-state index is 13.0. The molecule has 0 saturated carbocycles. The highest BCUT2D eigenvalue weighted by Crippen LogP contribution is 2.31. The Hall–Kier alpha value is -2.97. The lowest BCUT2D eigenvalue weighted by atomic mass is 9.95. The van der Waals surface area contributed by atoms with Gasteiger partial charge >= 0.3 is 11.7 Å². The lowest BCUT2D eigenvalue weighted by Crippen LogP contribution is -2.26. The molecule has 0 spiro atoms. The van der Waals surface area contributed by atoms with Crippen LogP contribution in [-0.2, 0) is 27.8 Å². The highest BCUT2D eigenvalue weighted by Gasteiger charge is 2.20. The van der Waals surface area contributed by atoms with Gasteiger partial charge in [-0.3, -0.25) is 9.52 Å². The first-order chi connectivity index (χ1) is 16.4. The molecule has 3 rings (SSSR count). The number of nitrogens with zero attached hydrogens (tertiary/aromatic N) is 1. The number of anilines is 1. The van der Waals surface area contributed by atoms with Crippen LogP contribution in [0.3, 0.4) is 0 Å². The molecule has 35 heavy (non-hydrogen) atoms. The van der Waals surface area contributed by atoms with Crippen LogP contribution in [0.25, 0.3) is 11.0 Å². The van der Waals surface area contributed by atoms with E-state index in [2.05, 4.69) is 9.44 Å². The summed E-state index contributed by atoms with van der Waals surface area (Å²) < 4.78 is 39.7. The maximum absolute atomic E-state index is 13.0. The Morgan fingerprint density at radius 1 is 1.14 bits per heavy atom. The maximum Gasteiger partial charge on any atom is 0.414 e. The number of ketones is 1. The van der Waals surface area contributed by atoms with E-state index in [4.69, 9.17) is 9.15 Å². The van der Waals surface area contributed by atoms with E-state index in [-0.39, 0.29) is 35.5 Å². The summed E-state index contributed by atoms with van der Waals surface area (Å²) in [6.45, 7) is 1.43. The van der Waals surface area contributed by atoms with Crippen molar-refractivity contribution in [1.29, 1.82) is 0 Å². The van der Waals surface area contributed by atoms with E-state index in [1.807, 2.05) is 22.6 Å². The average Bonchev–Trinajstić information content (AvgIpc) is 2.77. The second-order valence-corrected chi connectivity index (χ2v) is 10.7. The zero-order valence-electron chi connectivity index (χ0n) is 19.5. The fraction of sp³-hybridized carbons (Fsp3) is 0.261. The van der Waals surface area contributed by atoms with E-state index in [1.54, 1.807) is 44.4 Å². The van der Waals surface area contributed by atoms with Crippen LogP contribution >= 0.6 is 22.6 Å². The van der Waals surface area contributed by atoms with Crippen LogP contribution in [0.15, 0.2) is 45.6 Å². The average molecular weight is 613 g/mol. The number of hydrogen-bond acceptors (Lipinski definition) is 7. The number of ether oxygens (including phenoxy) is 1. The van der Waals surface area contributed by atoms with Gasteiger partial charge in [0.2, 0.25) is 0 Å². The van der Waals surface area contributed by atoms with Crippen molar-refractivity contribution in [2.24, 2.45) is 0 Å². The Morgan fingerprint density at radius 3 is 2.49 bits per heavy atom. The van der Waals surface area contributed by atoms with Gasteiger partial charge in [0.05, 0.1) is 9.26 Å². The van der Waals surface area contributed by atoms with Crippen LogP contribution in [0.4, 0.5) is 10.5 Å². The number of nitrogens with one attached hydrogen (secondary N) is 2. The van der Waals surface area contributed by atoms with Crippen molar-refractivity contribution in [3.63, 3.8) is 0 Å². The number of carbonyl (C=O) groups excluding carboxylic acids is 2. The highest BCUT2D eigenvalue weighted by atomic mass is 127. The molecule has 0 atom stereocenters. The zero-order chi connectivity index (χ0) is 25.9. The fourth-order valence-electron chi connectivity index (χ4n) is 3.35. The first kappa shape index (κ1) is 26.6. The molecular weight excluding hydrogens is 589 g/mol. The Bertz CT molecular complexity index is 1470. The number of carbonyl (C=O) groups is 2. The van der Waals surface area contributed by atoms with E-state index in [9.17, 15) is 22.8 Å². The fourth-order valence-corrected chi connectivity index (χ4v) is 4.47. The summed E-state index contributed by atoms with van der Waals surface area (Å²) in [6.07, 6.45) is -0.473. The number of rotatable bonds is 8. The number of fused-ring (bicyclic) bond motifs is 1. The van der Waals surface area contributed by atoms with Gasteiger partial charge in [0, 0.05) is 51.0 Å². The molecule has 0 aliphatic heterocycles. The predicted octanol–water partition coefficient (Wildman–Crippen LogP) is 3.06. The van der Waals surface area contributed by atoms with Gasteiger partial charge in [-0.15, -0.1) is 0 Å². The van der Waals surface area contributed by atoms with Crippen molar-refractivity contribution < 1.29 is 27.2 Å². The monoisotopic (exact) mass is 613 g/mol. The Kier molecular flexibility index (Phi) is 8.18. The molecule has 0 unspecified atom stereocenters. The third kappa shape index (κ3) is 6.58. The summed E-state index contributed by atoms with van der Waals surface area (Å²) in [4.78, 5) is 38.4. The molecule has 12 heteroatoms. The van der Waals surface area contributed by atoms with Gasteiger partial charge in [-0.25, -0.2) is 14.3 Å². The van der Waals surface area contributed by atoms with Crippen molar-refractivity contribution in [1.82, 2.24) is 9.62 Å². The van der Waals surface area contributed by atoms with Crippen LogP contribution in [0.1, 0.15) is 23.6 Å². The third-order valence-electron chi connectivity index (χ3n) is 4.99. The van der Waals surface area contributed by atoms with Crippen molar-refractivity contribution in [2.45, 2.75) is 19.8 Å². The topological polar surface area (TPSA) is 135 Å². The highest BCUT2D eigenvalue weighted by molar-refractivity contribution is 14.1. The lowest BCUT2D eigenvalue weighted by molar-refractivity contribution is -0.116. The molecule has 3 aromatic rings. The molecule has 1 aromatic heterocycles. The second-order valence-electron chi connectivity index (χ2n) is 7.95. The molecular formula is C23H24IN3O7S. The van der Waals surface area contributed by atoms with Gasteiger partial charge in [-0.05, 0) is 58.8 Å². The largest absolute Gasteiger partial charge is 0.422 e. The minimum Gasteiger partial charge on any atom is -0.422 e. The number of halogens is 1. The summed E-state index contributed by atoms with van der Waals surface area (Å²) in [5.41, 5.74) is 1.30. The second kappa shape index (κ2) is 10.7. The van der Waals surface area contributed by atoms with Crippen molar-refractivity contribution >= 4 is 61.3 Å². The Balaban J connectivity index is 2.11. The van der Waals surface area contributed by atoms with Gasteiger partial charge in [0.1, 0.15) is 17.1 Å². The smallest absolute Gasteiger partial charge is 0.414 e. The van der Waals surface area contributed by atoms with Crippen molar-refractivity contribution in [3.05, 3.63) is 67.1 Å². The number of amides is 1. The summed E-state index contributed by atoms with van der Waals surface area (Å²) >= 11 is 2.01. The molecule has 186 valence electrons. The standard InChI is InChI=1S/C23H24IN3O7S/c1-13(28)8-16-17-11-19(24)21(34-23(30)27(3)4)12-20(17)33-22(29)18(16)10-14-6-5-7-15(9-14)26-35(31,32)25-2/h5-7,9,11-12,25-26H,8,10H2,1-4H3. The van der Waals surface area contributed by atoms with E-state index in [0.717, 1.165) is 0 Å². The molecule has 1 heterocycles. The molecule has 0 bridgehead atoms. The predicted molar refractivity (Wildman–Crippen MR) is 140 cm³/mol. The minimum absolute atomic E-state index is 0.00355. The lowest BCUT2D eigenvalue weighted by Gasteiger charge is -2.15. The Labute approximate surface area is 216 Å². The number of benzene rings is 2. The van der Waals surface area contributed by atoms with Crippen molar-refractivity contribution in [3.8, 4) is 5.75 Å². The van der Waals surface area contributed by atoms with Crippen LogP contribution in [-0.4, -0.2) is 46.3 Å². The van der Waals surface area contributed by atoms with Crippen molar-refractivity contribution in [2.75, 3.05) is 25.9 Å². The molecule has 2 N–H and O–H groups in total. The van der Waals surface area contributed by atoms with Crippen LogP contribution < -0.4 is 19.8 Å². The summed E-state index contributed by atoms with van der Waals surface area (Å²) in [6, 6.07) is 9.74. The molecule has 10 nitrogen and oxygen atoms in total. The van der Waals surface area contributed by atoms with Gasteiger partial charge in [-0.2, -0.15) is 8.42 Å². The Morgan fingerprint density at radius 2 is 1.86 bits per heavy atom. The summed E-state index contributed by atoms with van der Waals surface area (Å²) in [7, 11) is 0.671. The number of hydrogen-bond donors (Lipinski definition) is 2. The van der Waals surface area contributed by atoms with Gasteiger partial charge in [0.15, 0.2) is 0 Å². The first-order valence-corrected chi connectivity index (χ1v) is 12.9. The molecule has 0 saturated heterocycles. The molecule has 0 fully saturated rings. The normalized spacial score (nSPS) is 11.3.